The summed E-state index contributed by atoms with van der Waals surface area (Å²) in [5.41, 5.74) is -4.17. The Balaban J connectivity index is 3.51. The number of carboxylic acids is 1. The van der Waals surface area contributed by atoms with Gasteiger partial charge in [0.2, 0.25) is 0 Å². The van der Waals surface area contributed by atoms with Crippen LogP contribution in [0.4, 0.5) is 24.5 Å². The molecule has 0 unspecified atom stereocenters. The van der Waals surface area contributed by atoms with Crippen LogP contribution in [0.25, 0.3) is 0 Å². The fraction of sp³-hybridized carbons (Fsp3) is 0.455. The third-order valence-electron chi connectivity index (χ3n) is 3.07. The summed E-state index contributed by atoms with van der Waals surface area (Å²) in [7, 11) is 1.16. The number of nitro groups is 1. The molecule has 0 aliphatic heterocycles. The van der Waals surface area contributed by atoms with Crippen LogP contribution >= 0.6 is 0 Å². The van der Waals surface area contributed by atoms with E-state index >= 15 is 0 Å². The third kappa shape index (κ3) is 3.20. The van der Waals surface area contributed by atoms with Crippen LogP contribution in [0.15, 0.2) is 12.3 Å². The number of carboxylic acid groups (broad SMARTS) is 1. The molecular formula is C11H12F3N3O4. The SMILES string of the molecule is CN(c1cc(C(F)(F)F)ncc1[N+](=O)[O-])C(C)(C)C(=O)O. The lowest BCUT2D eigenvalue weighted by Gasteiger charge is -2.33. The molecule has 0 fully saturated rings. The minimum Gasteiger partial charge on any atom is -0.480 e. The van der Waals surface area contributed by atoms with Crippen LogP contribution < -0.4 is 4.90 Å². The van der Waals surface area contributed by atoms with Crippen molar-refractivity contribution in [1.82, 2.24) is 4.98 Å². The average molecular weight is 307 g/mol. The smallest absolute Gasteiger partial charge is 0.433 e. The van der Waals surface area contributed by atoms with Gasteiger partial charge in [-0.3, -0.25) is 10.1 Å². The largest absolute Gasteiger partial charge is 0.480 e. The quantitative estimate of drug-likeness (QED) is 0.677. The Kier molecular flexibility index (Phi) is 4.11. The number of likely N-dealkylation sites (N-methyl/N-ethyl adjacent to an activating group) is 1. The van der Waals surface area contributed by atoms with Gasteiger partial charge >= 0.3 is 17.8 Å². The van der Waals surface area contributed by atoms with Gasteiger partial charge in [-0.1, -0.05) is 0 Å². The number of carbonyl (C=O) groups is 1. The molecule has 0 aromatic carbocycles. The molecule has 0 aliphatic rings. The summed E-state index contributed by atoms with van der Waals surface area (Å²) in [6.45, 7) is 2.43. The lowest BCUT2D eigenvalue weighted by Crippen LogP contribution is -2.48. The maximum absolute atomic E-state index is 12.7. The van der Waals surface area contributed by atoms with E-state index in [0.29, 0.717) is 12.3 Å². The van der Waals surface area contributed by atoms with Crippen molar-refractivity contribution in [3.63, 3.8) is 0 Å². The van der Waals surface area contributed by atoms with Crippen LogP contribution in [0.5, 0.6) is 0 Å². The summed E-state index contributed by atoms with van der Waals surface area (Å²) in [4.78, 5) is 25.0. The molecule has 0 radical (unpaired) electrons. The van der Waals surface area contributed by atoms with E-state index in [0.717, 1.165) is 11.9 Å². The summed E-state index contributed by atoms with van der Waals surface area (Å²) in [6.07, 6.45) is -4.33. The monoisotopic (exact) mass is 307 g/mol. The minimum absolute atomic E-state index is 0.461. The minimum atomic E-state index is -4.79. The van der Waals surface area contributed by atoms with Gasteiger partial charge in [-0.05, 0) is 19.9 Å². The van der Waals surface area contributed by atoms with Crippen molar-refractivity contribution >= 4 is 17.3 Å². The number of nitrogens with zero attached hydrogens (tertiary/aromatic N) is 3. The third-order valence-corrected chi connectivity index (χ3v) is 3.07. The number of alkyl halides is 3. The summed E-state index contributed by atoms with van der Waals surface area (Å²) in [5, 5.41) is 20.0. The Morgan fingerprint density at radius 1 is 1.43 bits per heavy atom. The summed E-state index contributed by atoms with van der Waals surface area (Å²) in [5.74, 6) is -1.34. The van der Waals surface area contributed by atoms with Crippen molar-refractivity contribution in [1.29, 1.82) is 0 Å². The Bertz CT molecular complexity index is 587. The fourth-order valence-electron chi connectivity index (χ4n) is 1.45. The molecule has 21 heavy (non-hydrogen) atoms. The van der Waals surface area contributed by atoms with Gasteiger partial charge in [0, 0.05) is 7.05 Å². The highest BCUT2D eigenvalue weighted by atomic mass is 19.4. The van der Waals surface area contributed by atoms with Crippen LogP contribution in [0.3, 0.4) is 0 Å². The van der Waals surface area contributed by atoms with Gasteiger partial charge in [0.25, 0.3) is 0 Å². The zero-order valence-electron chi connectivity index (χ0n) is 11.3. The van der Waals surface area contributed by atoms with Crippen molar-refractivity contribution in [3.05, 3.63) is 28.1 Å². The zero-order chi connectivity index (χ0) is 16.6. The van der Waals surface area contributed by atoms with Crippen molar-refractivity contribution in [3.8, 4) is 0 Å². The molecule has 0 saturated heterocycles. The van der Waals surface area contributed by atoms with E-state index in [2.05, 4.69) is 4.98 Å². The van der Waals surface area contributed by atoms with E-state index in [1.807, 2.05) is 0 Å². The normalized spacial score (nSPS) is 12.1. The highest BCUT2D eigenvalue weighted by Crippen LogP contribution is 2.36. The van der Waals surface area contributed by atoms with Gasteiger partial charge in [0.05, 0.1) is 4.92 Å². The highest BCUT2D eigenvalue weighted by molar-refractivity contribution is 5.83. The van der Waals surface area contributed by atoms with E-state index in [1.54, 1.807) is 0 Å². The second-order valence-electron chi connectivity index (χ2n) is 4.74. The molecule has 0 saturated carbocycles. The molecule has 1 heterocycles. The first-order valence-electron chi connectivity index (χ1n) is 5.58. The van der Waals surface area contributed by atoms with Gasteiger partial charge in [0.1, 0.15) is 23.1 Å². The van der Waals surface area contributed by atoms with Crippen LogP contribution in [0.2, 0.25) is 0 Å². The summed E-state index contributed by atoms with van der Waals surface area (Å²) >= 11 is 0. The van der Waals surface area contributed by atoms with Gasteiger partial charge in [-0.2, -0.15) is 13.2 Å². The van der Waals surface area contributed by atoms with Crippen LogP contribution in [-0.2, 0) is 11.0 Å². The summed E-state index contributed by atoms with van der Waals surface area (Å²) in [6, 6.07) is 0.461. The first-order valence-corrected chi connectivity index (χ1v) is 5.58. The van der Waals surface area contributed by atoms with E-state index in [4.69, 9.17) is 5.11 Å². The number of hydrogen-bond donors (Lipinski definition) is 1. The van der Waals surface area contributed by atoms with E-state index in [1.165, 1.54) is 13.8 Å². The molecule has 10 heteroatoms. The molecule has 0 atom stereocenters. The molecule has 1 aromatic heterocycles. The Morgan fingerprint density at radius 2 is 1.95 bits per heavy atom. The Hall–Kier alpha value is -2.39. The number of anilines is 1. The van der Waals surface area contributed by atoms with Crippen molar-refractivity contribution in [2.45, 2.75) is 25.6 Å². The molecule has 0 amide bonds. The highest BCUT2D eigenvalue weighted by Gasteiger charge is 2.39. The molecule has 1 rings (SSSR count). The van der Waals surface area contributed by atoms with E-state index in [-0.39, 0.29) is 0 Å². The van der Waals surface area contributed by atoms with E-state index in [9.17, 15) is 28.1 Å². The lowest BCUT2D eigenvalue weighted by molar-refractivity contribution is -0.384. The zero-order valence-corrected chi connectivity index (χ0v) is 11.3. The van der Waals surface area contributed by atoms with Gasteiger partial charge in [-0.25, -0.2) is 9.78 Å². The van der Waals surface area contributed by atoms with E-state index < -0.39 is 39.7 Å². The van der Waals surface area contributed by atoms with Crippen LogP contribution in [0.1, 0.15) is 19.5 Å². The number of rotatable bonds is 4. The fourth-order valence-corrected chi connectivity index (χ4v) is 1.45. The van der Waals surface area contributed by atoms with Gasteiger partial charge in [-0.15, -0.1) is 0 Å². The lowest BCUT2D eigenvalue weighted by atomic mass is 10.0. The van der Waals surface area contributed by atoms with Gasteiger partial charge < -0.3 is 10.0 Å². The molecule has 1 aromatic rings. The molecule has 0 aliphatic carbocycles. The van der Waals surface area contributed by atoms with Crippen molar-refractivity contribution in [2.75, 3.05) is 11.9 Å². The van der Waals surface area contributed by atoms with Gasteiger partial charge in [0.15, 0.2) is 0 Å². The second kappa shape index (κ2) is 5.19. The topological polar surface area (TPSA) is 96.6 Å². The maximum atomic E-state index is 12.7. The maximum Gasteiger partial charge on any atom is 0.433 e. The van der Waals surface area contributed by atoms with Crippen molar-refractivity contribution in [2.24, 2.45) is 0 Å². The number of aromatic nitrogens is 1. The van der Waals surface area contributed by atoms with Crippen LogP contribution in [-0.4, -0.2) is 33.6 Å². The predicted octanol–water partition coefficient (Wildman–Crippen LogP) is 2.31. The Labute approximate surface area is 117 Å². The first kappa shape index (κ1) is 16.7. The number of pyridine rings is 1. The molecule has 116 valence electrons. The molecule has 1 N–H and O–H groups in total. The molecule has 0 bridgehead atoms. The first-order chi connectivity index (χ1) is 9.39. The van der Waals surface area contributed by atoms with Crippen molar-refractivity contribution < 1.29 is 28.0 Å². The summed E-state index contributed by atoms with van der Waals surface area (Å²) < 4.78 is 38.0. The van der Waals surface area contributed by atoms with Crippen LogP contribution in [0, 0.1) is 10.1 Å². The molecule has 0 spiro atoms. The standard InChI is InChI=1S/C11H12F3N3O4/c1-10(2,9(18)19)16(3)6-4-8(11(12,13)14)15-5-7(6)17(20)21/h4-5H,1-3H3,(H,18,19). The predicted molar refractivity (Wildman–Crippen MR) is 66.0 cm³/mol. The Morgan fingerprint density at radius 3 is 2.33 bits per heavy atom. The number of aliphatic carboxylic acids is 1. The number of hydrogen-bond acceptors (Lipinski definition) is 5. The molecule has 7 nitrogen and oxygen atoms in total. The second-order valence-corrected chi connectivity index (χ2v) is 4.74. The average Bonchev–Trinajstić information content (AvgIpc) is 2.35. The molecular weight excluding hydrogens is 295 g/mol. The number of halogens is 3.